The molecule has 4 rings (SSSR count). The molecule has 7 nitrogen and oxygen atoms in total. The quantitative estimate of drug-likeness (QED) is 0.465. The second-order valence-electron chi connectivity index (χ2n) is 6.95. The number of benzene rings is 2. The van der Waals surface area contributed by atoms with Crippen LogP contribution in [0.1, 0.15) is 29.0 Å². The van der Waals surface area contributed by atoms with Gasteiger partial charge in [-0.25, -0.2) is 18.2 Å². The smallest absolute Gasteiger partial charge is 0.270 e. The summed E-state index contributed by atoms with van der Waals surface area (Å²) in [7, 11) is -3.76. The Morgan fingerprint density at radius 2 is 1.77 bits per heavy atom. The number of carbonyl (C=O) groups excluding carboxylic acids is 1. The summed E-state index contributed by atoms with van der Waals surface area (Å²) in [5, 5.41) is 14.7. The summed E-state index contributed by atoms with van der Waals surface area (Å²) in [6.45, 7) is 1.83. The maximum atomic E-state index is 13.1. The predicted molar refractivity (Wildman–Crippen MR) is 121 cm³/mol. The first-order valence-electron chi connectivity index (χ1n) is 9.46. The Morgan fingerprint density at radius 1 is 1.06 bits per heavy atom. The monoisotopic (exact) mass is 452 g/mol. The Hall–Kier alpha value is -3.27. The van der Waals surface area contributed by atoms with Gasteiger partial charge in [-0.05, 0) is 54.3 Å². The van der Waals surface area contributed by atoms with Crippen molar-refractivity contribution in [2.45, 2.75) is 17.9 Å². The minimum absolute atomic E-state index is 0.0255. The summed E-state index contributed by atoms with van der Waals surface area (Å²) in [5.41, 5.74) is 2.65. The first-order valence-corrected chi connectivity index (χ1v) is 11.9. The molecule has 0 aliphatic carbocycles. The number of sulfonamides is 1. The number of thiophene rings is 1. The van der Waals surface area contributed by atoms with Crippen molar-refractivity contribution in [3.8, 4) is 16.3 Å². The fraction of sp³-hybridized carbons (Fsp3) is 0.0909. The Balaban J connectivity index is 1.63. The topological polar surface area (TPSA) is 107 Å². The van der Waals surface area contributed by atoms with Crippen LogP contribution in [0.5, 0.6) is 0 Å². The average molecular weight is 453 g/mol. The second kappa shape index (κ2) is 8.46. The van der Waals surface area contributed by atoms with Gasteiger partial charge in [0.15, 0.2) is 0 Å². The van der Waals surface area contributed by atoms with E-state index in [4.69, 9.17) is 5.14 Å². The fourth-order valence-electron chi connectivity index (χ4n) is 3.15. The lowest BCUT2D eigenvalue weighted by atomic mass is 10.1. The summed E-state index contributed by atoms with van der Waals surface area (Å²) >= 11 is 1.55. The number of para-hydroxylation sites is 1. The predicted octanol–water partition coefficient (Wildman–Crippen LogP) is 3.74. The van der Waals surface area contributed by atoms with Crippen LogP contribution in [-0.4, -0.2) is 24.1 Å². The molecule has 9 heteroatoms. The Morgan fingerprint density at radius 3 is 2.39 bits per heavy atom. The van der Waals surface area contributed by atoms with E-state index in [1.54, 1.807) is 34.2 Å². The number of amides is 1. The average Bonchev–Trinajstić information content (AvgIpc) is 3.44. The van der Waals surface area contributed by atoms with Gasteiger partial charge in [-0.1, -0.05) is 36.4 Å². The Bertz CT molecular complexity index is 1300. The highest BCUT2D eigenvalue weighted by Crippen LogP contribution is 2.26. The molecule has 31 heavy (non-hydrogen) atoms. The van der Waals surface area contributed by atoms with Gasteiger partial charge in [0.05, 0.1) is 21.5 Å². The van der Waals surface area contributed by atoms with Crippen LogP contribution in [0.15, 0.2) is 83.1 Å². The van der Waals surface area contributed by atoms with Crippen molar-refractivity contribution < 1.29 is 13.2 Å². The number of carbonyl (C=O) groups is 1. The number of hydrogen-bond acceptors (Lipinski definition) is 5. The van der Waals surface area contributed by atoms with Gasteiger partial charge in [-0.3, -0.25) is 4.79 Å². The SMILES string of the molecule is C[C@H](NC(=O)c1cc(-c2cccs2)nn1-c1ccccc1)c1ccc(S(N)(=O)=O)cc1. The van der Waals surface area contributed by atoms with Gasteiger partial charge in [-0.15, -0.1) is 11.3 Å². The number of nitrogens with two attached hydrogens (primary N) is 1. The molecular weight excluding hydrogens is 432 g/mol. The lowest BCUT2D eigenvalue weighted by Gasteiger charge is -2.15. The van der Waals surface area contributed by atoms with Gasteiger partial charge in [0.25, 0.3) is 5.91 Å². The summed E-state index contributed by atoms with van der Waals surface area (Å²) in [5.74, 6) is -0.290. The third-order valence-corrected chi connectivity index (χ3v) is 6.59. The molecule has 0 bridgehead atoms. The van der Waals surface area contributed by atoms with Gasteiger partial charge in [0.1, 0.15) is 11.4 Å². The van der Waals surface area contributed by atoms with Crippen LogP contribution in [0.4, 0.5) is 0 Å². The summed E-state index contributed by atoms with van der Waals surface area (Å²) in [6.07, 6.45) is 0. The molecule has 0 unspecified atom stereocenters. The molecule has 4 aromatic rings. The number of nitrogens with one attached hydrogen (secondary N) is 1. The van der Waals surface area contributed by atoms with Crippen molar-refractivity contribution in [2.75, 3.05) is 0 Å². The number of nitrogens with zero attached hydrogens (tertiary/aromatic N) is 2. The molecule has 0 fully saturated rings. The fourth-order valence-corrected chi connectivity index (χ4v) is 4.35. The van der Waals surface area contributed by atoms with E-state index in [2.05, 4.69) is 10.4 Å². The van der Waals surface area contributed by atoms with Crippen LogP contribution in [0, 0.1) is 0 Å². The second-order valence-corrected chi connectivity index (χ2v) is 9.46. The van der Waals surface area contributed by atoms with Crippen molar-refractivity contribution >= 4 is 27.3 Å². The molecule has 0 radical (unpaired) electrons. The molecule has 0 saturated carbocycles. The summed E-state index contributed by atoms with van der Waals surface area (Å²) in [6, 6.07) is 20.9. The van der Waals surface area contributed by atoms with Crippen molar-refractivity contribution in [1.29, 1.82) is 0 Å². The standard InChI is InChI=1S/C22H20N4O3S2/c1-15(16-9-11-18(12-10-16)31(23,28)29)24-22(27)20-14-19(21-8-5-13-30-21)25-26(20)17-6-3-2-4-7-17/h2-15H,1H3,(H,24,27)(H2,23,28,29)/t15-/m0/s1. The molecule has 2 aromatic heterocycles. The van der Waals surface area contributed by atoms with Crippen LogP contribution in [-0.2, 0) is 10.0 Å². The van der Waals surface area contributed by atoms with Gasteiger partial charge in [0, 0.05) is 0 Å². The van der Waals surface area contributed by atoms with E-state index in [-0.39, 0.29) is 16.8 Å². The van der Waals surface area contributed by atoms with Crippen LogP contribution in [0.2, 0.25) is 0 Å². The molecule has 2 aromatic carbocycles. The van der Waals surface area contributed by atoms with Crippen molar-refractivity contribution in [3.05, 3.63) is 89.4 Å². The molecule has 2 heterocycles. The minimum atomic E-state index is -3.76. The number of aromatic nitrogens is 2. The minimum Gasteiger partial charge on any atom is -0.344 e. The van der Waals surface area contributed by atoms with Crippen molar-refractivity contribution in [3.63, 3.8) is 0 Å². The molecule has 158 valence electrons. The van der Waals surface area contributed by atoms with Gasteiger partial charge < -0.3 is 5.32 Å². The number of hydrogen-bond donors (Lipinski definition) is 2. The molecule has 0 saturated heterocycles. The zero-order valence-electron chi connectivity index (χ0n) is 16.6. The lowest BCUT2D eigenvalue weighted by Crippen LogP contribution is -2.28. The Kier molecular flexibility index (Phi) is 5.73. The van der Waals surface area contributed by atoms with Crippen LogP contribution >= 0.6 is 11.3 Å². The third-order valence-electron chi connectivity index (χ3n) is 4.77. The maximum Gasteiger partial charge on any atom is 0.270 e. The molecule has 3 N–H and O–H groups in total. The largest absolute Gasteiger partial charge is 0.344 e. The van der Waals surface area contributed by atoms with Crippen LogP contribution in [0.3, 0.4) is 0 Å². The highest BCUT2D eigenvalue weighted by Gasteiger charge is 2.20. The third kappa shape index (κ3) is 4.58. The highest BCUT2D eigenvalue weighted by molar-refractivity contribution is 7.89. The first-order chi connectivity index (χ1) is 14.8. The molecular formula is C22H20N4O3S2. The van der Waals surface area contributed by atoms with Crippen LogP contribution < -0.4 is 10.5 Å². The molecule has 0 aliphatic rings. The van der Waals surface area contributed by atoms with Gasteiger partial charge >= 0.3 is 0 Å². The van der Waals surface area contributed by atoms with Crippen LogP contribution in [0.25, 0.3) is 16.3 Å². The molecule has 0 aliphatic heterocycles. The summed E-state index contributed by atoms with van der Waals surface area (Å²) < 4.78 is 24.5. The molecule has 1 atom stereocenters. The van der Waals surface area contributed by atoms with E-state index in [9.17, 15) is 13.2 Å². The zero-order valence-corrected chi connectivity index (χ0v) is 18.2. The van der Waals surface area contributed by atoms with E-state index in [0.717, 1.165) is 16.1 Å². The van der Waals surface area contributed by atoms with E-state index in [1.807, 2.05) is 54.8 Å². The number of rotatable bonds is 6. The maximum absolute atomic E-state index is 13.1. The Labute approximate surface area is 184 Å². The van der Waals surface area contributed by atoms with Crippen molar-refractivity contribution in [1.82, 2.24) is 15.1 Å². The van der Waals surface area contributed by atoms with Gasteiger partial charge in [-0.2, -0.15) is 5.10 Å². The summed E-state index contributed by atoms with van der Waals surface area (Å²) in [4.78, 5) is 14.1. The first kappa shape index (κ1) is 21.0. The van der Waals surface area contributed by atoms with E-state index in [0.29, 0.717) is 11.4 Å². The number of primary sulfonamides is 1. The highest BCUT2D eigenvalue weighted by atomic mass is 32.2. The molecule has 0 spiro atoms. The zero-order chi connectivity index (χ0) is 22.0. The van der Waals surface area contributed by atoms with E-state index in [1.165, 1.54) is 12.1 Å². The van der Waals surface area contributed by atoms with E-state index < -0.39 is 10.0 Å². The van der Waals surface area contributed by atoms with Crippen molar-refractivity contribution in [2.24, 2.45) is 5.14 Å². The lowest BCUT2D eigenvalue weighted by molar-refractivity contribution is 0.0932. The normalized spacial score (nSPS) is 12.5. The van der Waals surface area contributed by atoms with E-state index >= 15 is 0 Å². The van der Waals surface area contributed by atoms with Gasteiger partial charge in [0.2, 0.25) is 10.0 Å². The molecule has 1 amide bonds.